The minimum absolute atomic E-state index is 0.0697. The average molecular weight is 300 g/mol. The van der Waals surface area contributed by atoms with Crippen LogP contribution >= 0.6 is 0 Å². The fourth-order valence-corrected chi connectivity index (χ4v) is 2.25. The Kier molecular flexibility index (Phi) is 3.63. The molecule has 5 heteroatoms. The molecule has 0 N–H and O–H groups in total. The SMILES string of the molecule is Cc1cc(-c2ccc(F)c(F)c2F)ncc1-c1cccnc1. The maximum atomic E-state index is 13.8. The quantitative estimate of drug-likeness (QED) is 0.649. The fraction of sp³-hybridized carbons (Fsp3) is 0.0588. The van der Waals surface area contributed by atoms with Crippen LogP contribution in [0.3, 0.4) is 0 Å². The van der Waals surface area contributed by atoms with Gasteiger partial charge in [-0.05, 0) is 36.8 Å². The number of benzene rings is 1. The Morgan fingerprint density at radius 2 is 1.73 bits per heavy atom. The first kappa shape index (κ1) is 14.3. The fourth-order valence-electron chi connectivity index (χ4n) is 2.25. The smallest absolute Gasteiger partial charge is 0.195 e. The monoisotopic (exact) mass is 300 g/mol. The van der Waals surface area contributed by atoms with Gasteiger partial charge in [-0.2, -0.15) is 0 Å². The van der Waals surface area contributed by atoms with Crippen molar-refractivity contribution in [3.05, 3.63) is 71.9 Å². The summed E-state index contributed by atoms with van der Waals surface area (Å²) in [6.45, 7) is 1.84. The maximum absolute atomic E-state index is 13.8. The van der Waals surface area contributed by atoms with Crippen molar-refractivity contribution in [2.45, 2.75) is 6.92 Å². The molecule has 0 aliphatic carbocycles. The van der Waals surface area contributed by atoms with Gasteiger partial charge in [0.1, 0.15) is 0 Å². The lowest BCUT2D eigenvalue weighted by molar-refractivity contribution is 0.449. The molecule has 0 unspecified atom stereocenters. The number of pyridine rings is 2. The van der Waals surface area contributed by atoms with E-state index in [1.54, 1.807) is 30.7 Å². The topological polar surface area (TPSA) is 25.8 Å². The van der Waals surface area contributed by atoms with Crippen LogP contribution in [0.2, 0.25) is 0 Å². The van der Waals surface area contributed by atoms with E-state index in [2.05, 4.69) is 9.97 Å². The lowest BCUT2D eigenvalue weighted by Crippen LogP contribution is -1.96. The average Bonchev–Trinajstić information content (AvgIpc) is 2.53. The van der Waals surface area contributed by atoms with E-state index in [1.165, 1.54) is 6.07 Å². The molecule has 0 aliphatic heterocycles. The van der Waals surface area contributed by atoms with Gasteiger partial charge in [-0.25, -0.2) is 13.2 Å². The van der Waals surface area contributed by atoms with Gasteiger partial charge < -0.3 is 0 Å². The van der Waals surface area contributed by atoms with Crippen molar-refractivity contribution >= 4 is 0 Å². The molecular formula is C17H11F3N2. The highest BCUT2D eigenvalue weighted by atomic mass is 19.2. The summed E-state index contributed by atoms with van der Waals surface area (Å²) in [5, 5.41) is 0. The summed E-state index contributed by atoms with van der Waals surface area (Å²) in [4.78, 5) is 8.20. The van der Waals surface area contributed by atoms with Gasteiger partial charge >= 0.3 is 0 Å². The molecule has 110 valence electrons. The zero-order valence-electron chi connectivity index (χ0n) is 11.6. The lowest BCUT2D eigenvalue weighted by atomic mass is 10.0. The summed E-state index contributed by atoms with van der Waals surface area (Å²) in [5.41, 5.74) is 2.74. The van der Waals surface area contributed by atoms with Crippen molar-refractivity contribution in [2.24, 2.45) is 0 Å². The van der Waals surface area contributed by atoms with E-state index < -0.39 is 17.5 Å². The van der Waals surface area contributed by atoms with Gasteiger partial charge in [0, 0.05) is 35.3 Å². The first-order chi connectivity index (χ1) is 10.6. The van der Waals surface area contributed by atoms with Gasteiger partial charge in [-0.3, -0.25) is 9.97 Å². The molecule has 3 rings (SSSR count). The molecule has 0 amide bonds. The normalized spacial score (nSPS) is 10.7. The number of hydrogen-bond acceptors (Lipinski definition) is 2. The molecule has 0 aliphatic rings. The molecule has 0 spiro atoms. The molecule has 0 atom stereocenters. The van der Waals surface area contributed by atoms with Crippen molar-refractivity contribution in [1.82, 2.24) is 9.97 Å². The van der Waals surface area contributed by atoms with E-state index in [-0.39, 0.29) is 11.3 Å². The number of rotatable bonds is 2. The molecule has 3 aromatic rings. The van der Waals surface area contributed by atoms with Crippen LogP contribution in [0.15, 0.2) is 48.9 Å². The van der Waals surface area contributed by atoms with Crippen molar-refractivity contribution < 1.29 is 13.2 Å². The molecule has 0 saturated carbocycles. The largest absolute Gasteiger partial charge is 0.264 e. The summed E-state index contributed by atoms with van der Waals surface area (Å²) in [6.07, 6.45) is 4.93. The van der Waals surface area contributed by atoms with E-state index in [4.69, 9.17) is 0 Å². The van der Waals surface area contributed by atoms with Crippen LogP contribution in [0.5, 0.6) is 0 Å². The van der Waals surface area contributed by atoms with Gasteiger partial charge in [-0.1, -0.05) is 6.07 Å². The first-order valence-electron chi connectivity index (χ1n) is 6.59. The minimum Gasteiger partial charge on any atom is -0.264 e. The number of hydrogen-bond donors (Lipinski definition) is 0. The third-order valence-corrected chi connectivity index (χ3v) is 3.39. The second-order valence-electron chi connectivity index (χ2n) is 4.85. The van der Waals surface area contributed by atoms with Gasteiger partial charge in [0.25, 0.3) is 0 Å². The van der Waals surface area contributed by atoms with Crippen LogP contribution in [-0.2, 0) is 0 Å². The van der Waals surface area contributed by atoms with Gasteiger partial charge in [0.05, 0.1) is 5.69 Å². The number of aryl methyl sites for hydroxylation is 1. The lowest BCUT2D eigenvalue weighted by Gasteiger charge is -2.09. The van der Waals surface area contributed by atoms with Crippen LogP contribution in [0.25, 0.3) is 22.4 Å². The summed E-state index contributed by atoms with van der Waals surface area (Å²) in [7, 11) is 0. The summed E-state index contributed by atoms with van der Waals surface area (Å²) >= 11 is 0. The highest BCUT2D eigenvalue weighted by molar-refractivity contribution is 5.70. The third kappa shape index (κ3) is 2.45. The zero-order valence-corrected chi connectivity index (χ0v) is 11.6. The summed E-state index contributed by atoms with van der Waals surface area (Å²) in [6, 6.07) is 7.39. The molecular weight excluding hydrogens is 289 g/mol. The van der Waals surface area contributed by atoms with Crippen LogP contribution in [0.4, 0.5) is 13.2 Å². The van der Waals surface area contributed by atoms with Crippen molar-refractivity contribution in [3.63, 3.8) is 0 Å². The predicted octanol–water partition coefficient (Wildman–Crippen LogP) is 4.54. The van der Waals surface area contributed by atoms with E-state index in [9.17, 15) is 13.2 Å². The van der Waals surface area contributed by atoms with Crippen LogP contribution in [-0.4, -0.2) is 9.97 Å². The Balaban J connectivity index is 2.08. The van der Waals surface area contributed by atoms with Crippen molar-refractivity contribution in [2.75, 3.05) is 0 Å². The van der Waals surface area contributed by atoms with Gasteiger partial charge in [-0.15, -0.1) is 0 Å². The Bertz CT molecular complexity index is 833. The minimum atomic E-state index is -1.49. The zero-order chi connectivity index (χ0) is 15.7. The molecule has 0 saturated heterocycles. The first-order valence-corrected chi connectivity index (χ1v) is 6.59. The molecule has 2 nitrogen and oxygen atoms in total. The standard InChI is InChI=1S/C17H11F3N2/c1-10-7-15(12-4-5-14(18)17(20)16(12)19)22-9-13(10)11-3-2-6-21-8-11/h2-9H,1H3. The molecule has 0 bridgehead atoms. The molecule has 2 aromatic heterocycles. The summed E-state index contributed by atoms with van der Waals surface area (Å²) in [5.74, 6) is -3.95. The molecule has 1 aromatic carbocycles. The Morgan fingerprint density at radius 1 is 0.909 bits per heavy atom. The van der Waals surface area contributed by atoms with E-state index in [0.29, 0.717) is 0 Å². The molecule has 2 heterocycles. The number of halogens is 3. The van der Waals surface area contributed by atoms with E-state index in [1.807, 2.05) is 13.0 Å². The van der Waals surface area contributed by atoms with E-state index in [0.717, 1.165) is 22.8 Å². The molecule has 0 radical (unpaired) electrons. The highest BCUT2D eigenvalue weighted by Gasteiger charge is 2.16. The third-order valence-electron chi connectivity index (χ3n) is 3.39. The Morgan fingerprint density at radius 3 is 2.41 bits per heavy atom. The second kappa shape index (κ2) is 5.60. The van der Waals surface area contributed by atoms with Crippen LogP contribution < -0.4 is 0 Å². The number of aromatic nitrogens is 2. The van der Waals surface area contributed by atoms with Crippen molar-refractivity contribution in [1.29, 1.82) is 0 Å². The predicted molar refractivity (Wildman–Crippen MR) is 77.5 cm³/mol. The van der Waals surface area contributed by atoms with Crippen molar-refractivity contribution in [3.8, 4) is 22.4 Å². The van der Waals surface area contributed by atoms with E-state index >= 15 is 0 Å². The van der Waals surface area contributed by atoms with Gasteiger partial charge in [0.15, 0.2) is 17.5 Å². The van der Waals surface area contributed by atoms with Crippen LogP contribution in [0, 0.1) is 24.4 Å². The maximum Gasteiger partial charge on any atom is 0.195 e. The van der Waals surface area contributed by atoms with Crippen LogP contribution in [0.1, 0.15) is 5.56 Å². The second-order valence-corrected chi connectivity index (χ2v) is 4.85. The number of nitrogens with zero attached hydrogens (tertiary/aromatic N) is 2. The Hall–Kier alpha value is -2.69. The van der Waals surface area contributed by atoms with Gasteiger partial charge in [0.2, 0.25) is 0 Å². The highest BCUT2D eigenvalue weighted by Crippen LogP contribution is 2.28. The molecule has 0 fully saturated rings. The molecule has 22 heavy (non-hydrogen) atoms. The Labute approximate surface area is 125 Å². The summed E-state index contributed by atoms with van der Waals surface area (Å²) < 4.78 is 40.2.